The third-order valence-electron chi connectivity index (χ3n) is 2.66. The number of benzene rings is 1. The largest absolute Gasteiger partial charge is 0.376 e. The monoisotopic (exact) mass is 259 g/mol. The van der Waals surface area contributed by atoms with Crippen LogP contribution in [0.4, 0.5) is 4.39 Å². The minimum Gasteiger partial charge on any atom is -0.376 e. The van der Waals surface area contributed by atoms with Crippen molar-refractivity contribution in [2.45, 2.75) is 17.9 Å². The predicted octanol–water partition coefficient (Wildman–Crippen LogP) is 1.24. The van der Waals surface area contributed by atoms with E-state index >= 15 is 0 Å². The molecule has 1 aromatic rings. The Hall–Kier alpha value is -0.980. The second-order valence-corrected chi connectivity index (χ2v) is 5.94. The first kappa shape index (κ1) is 12.5. The highest BCUT2D eigenvalue weighted by Gasteiger charge is 2.28. The highest BCUT2D eigenvalue weighted by molar-refractivity contribution is 7.89. The highest BCUT2D eigenvalue weighted by atomic mass is 32.2. The van der Waals surface area contributed by atoms with Crippen LogP contribution in [0.5, 0.6) is 0 Å². The van der Waals surface area contributed by atoms with Crippen molar-refractivity contribution in [3.05, 3.63) is 30.1 Å². The van der Waals surface area contributed by atoms with Crippen LogP contribution < -0.4 is 0 Å². The van der Waals surface area contributed by atoms with Gasteiger partial charge in [-0.3, -0.25) is 0 Å². The Bertz CT molecular complexity index is 486. The van der Waals surface area contributed by atoms with Crippen LogP contribution in [-0.2, 0) is 14.8 Å². The third kappa shape index (κ3) is 2.65. The maximum Gasteiger partial charge on any atom is 0.243 e. The van der Waals surface area contributed by atoms with Crippen molar-refractivity contribution in [3.8, 4) is 0 Å². The molecule has 0 aliphatic carbocycles. The molecular weight excluding hydrogens is 245 g/mol. The molecule has 0 amide bonds. The number of sulfonamides is 1. The fourth-order valence-corrected chi connectivity index (χ4v) is 3.26. The van der Waals surface area contributed by atoms with Crippen LogP contribution in [-0.4, -0.2) is 38.5 Å². The van der Waals surface area contributed by atoms with E-state index in [0.29, 0.717) is 19.7 Å². The van der Waals surface area contributed by atoms with Gasteiger partial charge in [0.15, 0.2) is 0 Å². The van der Waals surface area contributed by atoms with E-state index < -0.39 is 15.8 Å². The molecule has 0 saturated carbocycles. The average molecular weight is 259 g/mol. The van der Waals surface area contributed by atoms with Gasteiger partial charge in [0.25, 0.3) is 0 Å². The number of hydrogen-bond donors (Lipinski definition) is 0. The van der Waals surface area contributed by atoms with Crippen LogP contribution in [0.3, 0.4) is 0 Å². The SMILES string of the molecule is C[C@@H]1CN(S(=O)(=O)c2ccc(F)cc2)CCO1. The Balaban J connectivity index is 2.26. The molecule has 4 nitrogen and oxygen atoms in total. The van der Waals surface area contributed by atoms with E-state index in [4.69, 9.17) is 4.74 Å². The minimum atomic E-state index is -3.53. The maximum absolute atomic E-state index is 12.8. The lowest BCUT2D eigenvalue weighted by Gasteiger charge is -2.30. The van der Waals surface area contributed by atoms with Crippen molar-refractivity contribution in [1.29, 1.82) is 0 Å². The molecule has 1 heterocycles. The van der Waals surface area contributed by atoms with E-state index in [2.05, 4.69) is 0 Å². The summed E-state index contributed by atoms with van der Waals surface area (Å²) in [7, 11) is -3.53. The second-order valence-electron chi connectivity index (χ2n) is 4.00. The molecule has 1 aliphatic rings. The first-order valence-electron chi connectivity index (χ1n) is 5.37. The van der Waals surface area contributed by atoms with Crippen LogP contribution in [0, 0.1) is 5.82 Å². The summed E-state index contributed by atoms with van der Waals surface area (Å²) >= 11 is 0. The lowest BCUT2D eigenvalue weighted by Crippen LogP contribution is -2.44. The van der Waals surface area contributed by atoms with Gasteiger partial charge >= 0.3 is 0 Å². The normalized spacial score (nSPS) is 22.6. The zero-order valence-electron chi connectivity index (χ0n) is 9.47. The van der Waals surface area contributed by atoms with Gasteiger partial charge in [0.05, 0.1) is 17.6 Å². The molecule has 1 aliphatic heterocycles. The van der Waals surface area contributed by atoms with Gasteiger partial charge in [0.2, 0.25) is 10.0 Å². The Labute approximate surface area is 100 Å². The van der Waals surface area contributed by atoms with Gasteiger partial charge in [-0.05, 0) is 31.2 Å². The molecule has 1 aromatic carbocycles. The molecule has 0 radical (unpaired) electrons. The summed E-state index contributed by atoms with van der Waals surface area (Å²) < 4.78 is 43.8. The van der Waals surface area contributed by atoms with E-state index in [0.717, 1.165) is 12.1 Å². The van der Waals surface area contributed by atoms with Crippen LogP contribution in [0.1, 0.15) is 6.92 Å². The quantitative estimate of drug-likeness (QED) is 0.802. The van der Waals surface area contributed by atoms with Crippen molar-refractivity contribution < 1.29 is 17.5 Å². The highest BCUT2D eigenvalue weighted by Crippen LogP contribution is 2.18. The molecule has 0 spiro atoms. The topological polar surface area (TPSA) is 46.6 Å². The van der Waals surface area contributed by atoms with Crippen molar-refractivity contribution in [3.63, 3.8) is 0 Å². The smallest absolute Gasteiger partial charge is 0.243 e. The van der Waals surface area contributed by atoms with Crippen LogP contribution in [0.15, 0.2) is 29.2 Å². The summed E-state index contributed by atoms with van der Waals surface area (Å²) in [6.45, 7) is 2.89. The average Bonchev–Trinajstić information content (AvgIpc) is 2.29. The molecular formula is C11H14FNO3S. The van der Waals surface area contributed by atoms with Gasteiger partial charge in [0, 0.05) is 13.1 Å². The fourth-order valence-electron chi connectivity index (χ4n) is 1.76. The number of rotatable bonds is 2. The van der Waals surface area contributed by atoms with Crippen LogP contribution >= 0.6 is 0 Å². The Kier molecular flexibility index (Phi) is 3.46. The lowest BCUT2D eigenvalue weighted by atomic mass is 10.3. The summed E-state index contributed by atoms with van der Waals surface area (Å²) in [5, 5.41) is 0. The van der Waals surface area contributed by atoms with E-state index in [1.54, 1.807) is 0 Å². The standard InChI is InChI=1S/C11H14FNO3S/c1-9-8-13(6-7-16-9)17(14,15)11-4-2-10(12)3-5-11/h2-5,9H,6-8H2,1H3/t9-/m1/s1. The fraction of sp³-hybridized carbons (Fsp3) is 0.455. The summed E-state index contributed by atoms with van der Waals surface area (Å²) in [5.74, 6) is -0.445. The van der Waals surface area contributed by atoms with E-state index in [1.165, 1.54) is 16.4 Å². The molecule has 0 aromatic heterocycles. The number of halogens is 1. The van der Waals surface area contributed by atoms with E-state index in [-0.39, 0.29) is 11.0 Å². The molecule has 1 atom stereocenters. The molecule has 94 valence electrons. The summed E-state index contributed by atoms with van der Waals surface area (Å²) in [4.78, 5) is 0.119. The molecule has 6 heteroatoms. The Morgan fingerprint density at radius 3 is 2.59 bits per heavy atom. The van der Waals surface area contributed by atoms with Gasteiger partial charge in [0.1, 0.15) is 5.82 Å². The summed E-state index contributed by atoms with van der Waals surface area (Å²) in [6, 6.07) is 4.86. The predicted molar refractivity (Wildman–Crippen MR) is 60.6 cm³/mol. The first-order valence-corrected chi connectivity index (χ1v) is 6.81. The molecule has 0 bridgehead atoms. The van der Waals surface area contributed by atoms with Gasteiger partial charge < -0.3 is 4.74 Å². The van der Waals surface area contributed by atoms with Crippen molar-refractivity contribution in [1.82, 2.24) is 4.31 Å². The van der Waals surface area contributed by atoms with Gasteiger partial charge in [-0.1, -0.05) is 0 Å². The van der Waals surface area contributed by atoms with Crippen molar-refractivity contribution in [2.24, 2.45) is 0 Å². The number of hydrogen-bond acceptors (Lipinski definition) is 3. The zero-order chi connectivity index (χ0) is 12.5. The van der Waals surface area contributed by atoms with Crippen LogP contribution in [0.2, 0.25) is 0 Å². The molecule has 2 rings (SSSR count). The van der Waals surface area contributed by atoms with Gasteiger partial charge in [-0.2, -0.15) is 4.31 Å². The minimum absolute atomic E-state index is 0.112. The molecule has 17 heavy (non-hydrogen) atoms. The van der Waals surface area contributed by atoms with Crippen LogP contribution in [0.25, 0.3) is 0 Å². The van der Waals surface area contributed by atoms with Gasteiger partial charge in [-0.25, -0.2) is 12.8 Å². The third-order valence-corrected chi connectivity index (χ3v) is 4.53. The lowest BCUT2D eigenvalue weighted by molar-refractivity contribution is 0.0102. The van der Waals surface area contributed by atoms with Crippen molar-refractivity contribution in [2.75, 3.05) is 19.7 Å². The summed E-state index contributed by atoms with van der Waals surface area (Å²) in [6.07, 6.45) is -0.112. The molecule has 0 N–H and O–H groups in total. The van der Waals surface area contributed by atoms with Gasteiger partial charge in [-0.15, -0.1) is 0 Å². The maximum atomic E-state index is 12.8. The Morgan fingerprint density at radius 2 is 2.00 bits per heavy atom. The summed E-state index contributed by atoms with van der Waals surface area (Å²) in [5.41, 5.74) is 0. The molecule has 1 fully saturated rings. The Morgan fingerprint density at radius 1 is 1.35 bits per heavy atom. The van der Waals surface area contributed by atoms with Crippen molar-refractivity contribution >= 4 is 10.0 Å². The van der Waals surface area contributed by atoms with E-state index in [1.807, 2.05) is 6.92 Å². The molecule has 0 unspecified atom stereocenters. The number of ether oxygens (including phenoxy) is 1. The first-order chi connectivity index (χ1) is 8.00. The number of morpholine rings is 1. The zero-order valence-corrected chi connectivity index (χ0v) is 10.3. The second kappa shape index (κ2) is 4.72. The van der Waals surface area contributed by atoms with E-state index in [9.17, 15) is 12.8 Å². The number of nitrogens with zero attached hydrogens (tertiary/aromatic N) is 1. The molecule has 1 saturated heterocycles.